The molecule has 2 aromatic rings. The first-order valence-electron chi connectivity index (χ1n) is 6.59. The highest BCUT2D eigenvalue weighted by molar-refractivity contribution is 7.99. The monoisotopic (exact) mass is 331 g/mol. The topological polar surface area (TPSA) is 105 Å². The lowest BCUT2D eigenvalue weighted by molar-refractivity contribution is -0.119. The molecule has 118 valence electrons. The van der Waals surface area contributed by atoms with Gasteiger partial charge in [-0.2, -0.15) is 5.26 Å². The van der Waals surface area contributed by atoms with E-state index < -0.39 is 18.5 Å². The number of rotatable bonds is 6. The van der Waals surface area contributed by atoms with Crippen molar-refractivity contribution in [2.45, 2.75) is 11.8 Å². The summed E-state index contributed by atoms with van der Waals surface area (Å²) in [5, 5.41) is 14.8. The second-order valence-corrected chi connectivity index (χ2v) is 5.42. The van der Waals surface area contributed by atoms with Gasteiger partial charge in [0, 0.05) is 11.0 Å². The summed E-state index contributed by atoms with van der Waals surface area (Å²) in [7, 11) is 0. The minimum absolute atomic E-state index is 0.0553. The molecule has 0 radical (unpaired) electrons. The van der Waals surface area contributed by atoms with Gasteiger partial charge in [0.15, 0.2) is 6.61 Å². The Morgan fingerprint density at radius 3 is 2.91 bits per heavy atom. The maximum atomic E-state index is 11.9. The molecule has 0 atom stereocenters. The maximum Gasteiger partial charge on any atom is 0.377 e. The van der Waals surface area contributed by atoms with Crippen LogP contribution in [-0.2, 0) is 9.53 Å². The number of nitrogens with one attached hydrogen (secondary N) is 1. The van der Waals surface area contributed by atoms with Gasteiger partial charge in [0.2, 0.25) is 5.76 Å². The lowest BCUT2D eigenvalue weighted by Crippen LogP contribution is -2.21. The number of ether oxygens (including phenoxy) is 1. The number of nitrogens with zero attached hydrogens (tertiary/aromatic N) is 2. The standard InChI is InChI=1S/C15H13N3O4S/c1-10-8-12(22-18-10)15(20)21-9-14(19)17-11-4-2-3-5-13(11)23-7-6-16/h2-5,8H,7,9H2,1H3,(H,17,19). The second kappa shape index (κ2) is 8.00. The average molecular weight is 331 g/mol. The van der Waals surface area contributed by atoms with E-state index in [0.29, 0.717) is 11.4 Å². The Kier molecular flexibility index (Phi) is 5.77. The molecule has 1 heterocycles. The number of aryl methyl sites for hydroxylation is 1. The van der Waals surface area contributed by atoms with Crippen LogP contribution in [-0.4, -0.2) is 29.4 Å². The van der Waals surface area contributed by atoms with Crippen LogP contribution >= 0.6 is 11.8 Å². The van der Waals surface area contributed by atoms with E-state index in [1.165, 1.54) is 17.8 Å². The van der Waals surface area contributed by atoms with E-state index in [4.69, 9.17) is 14.5 Å². The molecule has 0 saturated heterocycles. The van der Waals surface area contributed by atoms with Crippen molar-refractivity contribution in [1.29, 1.82) is 5.26 Å². The summed E-state index contributed by atoms with van der Waals surface area (Å²) in [4.78, 5) is 24.3. The first-order valence-corrected chi connectivity index (χ1v) is 7.58. The number of amides is 1. The van der Waals surface area contributed by atoms with Crippen LogP contribution in [0.1, 0.15) is 16.2 Å². The van der Waals surface area contributed by atoms with E-state index in [1.54, 1.807) is 25.1 Å². The molecule has 1 amide bonds. The zero-order chi connectivity index (χ0) is 16.7. The highest BCUT2D eigenvalue weighted by atomic mass is 32.2. The number of para-hydroxylation sites is 1. The fourth-order valence-corrected chi connectivity index (χ4v) is 2.32. The number of hydrogen-bond donors (Lipinski definition) is 1. The number of esters is 1. The lowest BCUT2D eigenvalue weighted by Gasteiger charge is -2.09. The van der Waals surface area contributed by atoms with Crippen LogP contribution in [0.15, 0.2) is 39.8 Å². The first kappa shape index (κ1) is 16.6. The molecule has 1 aromatic heterocycles. The third-order valence-corrected chi connectivity index (χ3v) is 3.56. The Labute approximate surface area is 136 Å². The van der Waals surface area contributed by atoms with Crippen molar-refractivity contribution in [2.24, 2.45) is 0 Å². The van der Waals surface area contributed by atoms with Crippen LogP contribution in [0.2, 0.25) is 0 Å². The summed E-state index contributed by atoms with van der Waals surface area (Å²) in [6.45, 7) is 1.22. The number of benzene rings is 1. The van der Waals surface area contributed by atoms with Crippen LogP contribution in [0.25, 0.3) is 0 Å². The molecule has 0 aliphatic heterocycles. The van der Waals surface area contributed by atoms with Gasteiger partial charge in [-0.25, -0.2) is 4.79 Å². The van der Waals surface area contributed by atoms with E-state index in [9.17, 15) is 9.59 Å². The van der Waals surface area contributed by atoms with Gasteiger partial charge in [0.25, 0.3) is 5.91 Å². The molecule has 0 saturated carbocycles. The zero-order valence-corrected chi connectivity index (χ0v) is 13.1. The van der Waals surface area contributed by atoms with Crippen LogP contribution in [0.4, 0.5) is 5.69 Å². The second-order valence-electron chi connectivity index (χ2n) is 4.40. The Morgan fingerprint density at radius 2 is 2.22 bits per heavy atom. The van der Waals surface area contributed by atoms with Crippen LogP contribution in [0.3, 0.4) is 0 Å². The van der Waals surface area contributed by atoms with Crippen LogP contribution in [0.5, 0.6) is 0 Å². The molecule has 2 rings (SSSR count). The Morgan fingerprint density at radius 1 is 1.43 bits per heavy atom. The number of carbonyl (C=O) groups is 2. The van der Waals surface area contributed by atoms with Gasteiger partial charge in [0.05, 0.1) is 23.2 Å². The van der Waals surface area contributed by atoms with Gasteiger partial charge < -0.3 is 14.6 Å². The number of carbonyl (C=O) groups excluding carboxylic acids is 2. The van der Waals surface area contributed by atoms with E-state index in [1.807, 2.05) is 12.1 Å². The summed E-state index contributed by atoms with van der Waals surface area (Å²) in [6, 6.07) is 10.5. The fourth-order valence-electron chi connectivity index (χ4n) is 1.65. The molecule has 23 heavy (non-hydrogen) atoms. The van der Waals surface area contributed by atoms with Crippen molar-refractivity contribution in [2.75, 3.05) is 17.7 Å². The van der Waals surface area contributed by atoms with Gasteiger partial charge >= 0.3 is 5.97 Å². The fraction of sp³-hybridized carbons (Fsp3) is 0.200. The number of thioether (sulfide) groups is 1. The predicted molar refractivity (Wildman–Crippen MR) is 82.9 cm³/mol. The van der Waals surface area contributed by atoms with Gasteiger partial charge in [-0.15, -0.1) is 11.8 Å². The van der Waals surface area contributed by atoms with E-state index in [0.717, 1.165) is 4.90 Å². The molecule has 8 heteroatoms. The van der Waals surface area contributed by atoms with Crippen molar-refractivity contribution in [3.05, 3.63) is 41.8 Å². The molecule has 1 N–H and O–H groups in total. The number of aromatic nitrogens is 1. The smallest absolute Gasteiger partial charge is 0.377 e. The molecular weight excluding hydrogens is 318 g/mol. The average Bonchev–Trinajstić information content (AvgIpc) is 2.98. The van der Waals surface area contributed by atoms with Gasteiger partial charge in [-0.3, -0.25) is 4.79 Å². The summed E-state index contributed by atoms with van der Waals surface area (Å²) in [6.07, 6.45) is 0. The summed E-state index contributed by atoms with van der Waals surface area (Å²) >= 11 is 1.31. The zero-order valence-electron chi connectivity index (χ0n) is 12.2. The minimum Gasteiger partial charge on any atom is -0.450 e. The maximum absolute atomic E-state index is 11.9. The third kappa shape index (κ3) is 4.86. The van der Waals surface area contributed by atoms with Gasteiger partial charge in [0.1, 0.15) is 0 Å². The molecule has 0 unspecified atom stereocenters. The van der Waals surface area contributed by atoms with Gasteiger partial charge in [-0.05, 0) is 19.1 Å². The van der Waals surface area contributed by atoms with Crippen molar-refractivity contribution in [3.8, 4) is 6.07 Å². The number of anilines is 1. The van der Waals surface area contributed by atoms with E-state index in [2.05, 4.69) is 10.5 Å². The molecule has 0 aliphatic rings. The summed E-state index contributed by atoms with van der Waals surface area (Å²) in [5.74, 6) is -1.03. The number of hydrogen-bond acceptors (Lipinski definition) is 7. The molecule has 0 spiro atoms. The SMILES string of the molecule is Cc1cc(C(=O)OCC(=O)Nc2ccccc2SCC#N)on1. The van der Waals surface area contributed by atoms with E-state index in [-0.39, 0.29) is 11.5 Å². The van der Waals surface area contributed by atoms with Crippen LogP contribution in [0, 0.1) is 18.3 Å². The number of nitriles is 1. The van der Waals surface area contributed by atoms with Crippen molar-refractivity contribution in [3.63, 3.8) is 0 Å². The Hall–Kier alpha value is -2.79. The minimum atomic E-state index is -0.757. The van der Waals surface area contributed by atoms with E-state index >= 15 is 0 Å². The molecule has 0 bridgehead atoms. The first-order chi connectivity index (χ1) is 11.1. The Balaban J connectivity index is 1.90. The molecular formula is C15H13N3O4S. The van der Waals surface area contributed by atoms with Crippen molar-refractivity contribution in [1.82, 2.24) is 5.16 Å². The molecule has 1 aromatic carbocycles. The molecule has 0 fully saturated rings. The predicted octanol–water partition coefficient (Wildman–Crippen LogP) is 2.39. The molecule has 7 nitrogen and oxygen atoms in total. The van der Waals surface area contributed by atoms with Gasteiger partial charge in [-0.1, -0.05) is 17.3 Å². The lowest BCUT2D eigenvalue weighted by atomic mass is 10.3. The normalized spacial score (nSPS) is 9.91. The van der Waals surface area contributed by atoms with Crippen LogP contribution < -0.4 is 5.32 Å². The van der Waals surface area contributed by atoms with Crippen molar-refractivity contribution < 1.29 is 18.8 Å². The largest absolute Gasteiger partial charge is 0.450 e. The van der Waals surface area contributed by atoms with Crippen molar-refractivity contribution >= 4 is 29.3 Å². The highest BCUT2D eigenvalue weighted by Crippen LogP contribution is 2.26. The molecule has 0 aliphatic carbocycles. The summed E-state index contributed by atoms with van der Waals surface area (Å²) in [5.41, 5.74) is 1.11. The Bertz CT molecular complexity index is 751. The summed E-state index contributed by atoms with van der Waals surface area (Å²) < 4.78 is 9.60. The highest BCUT2D eigenvalue weighted by Gasteiger charge is 2.15. The quantitative estimate of drug-likeness (QED) is 0.640. The third-order valence-electron chi connectivity index (χ3n) is 2.62.